The van der Waals surface area contributed by atoms with Crippen LogP contribution in [0.5, 0.6) is 0 Å². The molecule has 0 aliphatic carbocycles. The number of rotatable bonds is 7. The van der Waals surface area contributed by atoms with Crippen LogP contribution in [0.15, 0.2) is 0 Å². The third-order valence-electron chi connectivity index (χ3n) is 3.85. The van der Waals surface area contributed by atoms with Crippen molar-refractivity contribution in [3.05, 3.63) is 0 Å². The van der Waals surface area contributed by atoms with Crippen molar-refractivity contribution in [2.45, 2.75) is 51.3 Å². The number of urea groups is 1. The first-order valence-corrected chi connectivity index (χ1v) is 9.89. The molecule has 2 fully saturated rings. The van der Waals surface area contributed by atoms with Crippen LogP contribution >= 0.6 is 0 Å². The van der Waals surface area contributed by atoms with Crippen LogP contribution in [0.2, 0.25) is 0 Å². The SMILES string of the molecule is CC(C)(C)OC(=O)NCCONC(=O)C1CCC2CN1C(=O)N2OS(=O)(=O)O. The monoisotopic (exact) mass is 424 g/mol. The van der Waals surface area contributed by atoms with Crippen molar-refractivity contribution >= 4 is 28.4 Å². The van der Waals surface area contributed by atoms with Gasteiger partial charge in [-0.15, -0.1) is 4.28 Å². The Labute approximate surface area is 162 Å². The molecule has 14 heteroatoms. The molecule has 0 spiro atoms. The molecule has 2 aliphatic heterocycles. The summed E-state index contributed by atoms with van der Waals surface area (Å²) in [5, 5.41) is 3.00. The van der Waals surface area contributed by atoms with E-state index in [1.807, 2.05) is 0 Å². The zero-order chi connectivity index (χ0) is 21.1. The van der Waals surface area contributed by atoms with E-state index in [9.17, 15) is 22.8 Å². The molecule has 0 aromatic heterocycles. The van der Waals surface area contributed by atoms with Gasteiger partial charge in [0, 0.05) is 13.1 Å². The van der Waals surface area contributed by atoms with Crippen LogP contribution in [0, 0.1) is 0 Å². The number of carbonyl (C=O) groups excluding carboxylic acids is 3. The lowest BCUT2D eigenvalue weighted by Crippen LogP contribution is -2.50. The maximum atomic E-state index is 12.2. The molecule has 0 radical (unpaired) electrons. The molecule has 0 aromatic carbocycles. The first-order valence-electron chi connectivity index (χ1n) is 8.53. The average Bonchev–Trinajstić information content (AvgIpc) is 2.76. The summed E-state index contributed by atoms with van der Waals surface area (Å²) in [6, 6.07) is -2.30. The van der Waals surface area contributed by atoms with Crippen molar-refractivity contribution in [2.75, 3.05) is 19.7 Å². The van der Waals surface area contributed by atoms with Crippen LogP contribution in [0.1, 0.15) is 33.6 Å². The third-order valence-corrected chi connectivity index (χ3v) is 4.19. The van der Waals surface area contributed by atoms with E-state index in [0.717, 1.165) is 4.90 Å². The largest absolute Gasteiger partial charge is 0.444 e. The fourth-order valence-electron chi connectivity index (χ4n) is 2.81. The predicted octanol–water partition coefficient (Wildman–Crippen LogP) is -0.438. The Balaban J connectivity index is 1.75. The highest BCUT2D eigenvalue weighted by molar-refractivity contribution is 7.80. The molecule has 2 unspecified atom stereocenters. The molecule has 0 saturated carbocycles. The van der Waals surface area contributed by atoms with Crippen LogP contribution in [0.4, 0.5) is 9.59 Å². The number of hydroxylamine groups is 3. The summed E-state index contributed by atoms with van der Waals surface area (Å²) in [4.78, 5) is 42.0. The van der Waals surface area contributed by atoms with Crippen molar-refractivity contribution in [1.29, 1.82) is 0 Å². The van der Waals surface area contributed by atoms with Crippen LogP contribution in [-0.2, 0) is 29.1 Å². The highest BCUT2D eigenvalue weighted by Gasteiger charge is 2.49. The minimum Gasteiger partial charge on any atom is -0.444 e. The van der Waals surface area contributed by atoms with E-state index in [1.165, 1.54) is 0 Å². The minimum absolute atomic E-state index is 0.0354. The summed E-state index contributed by atoms with van der Waals surface area (Å²) >= 11 is 0. The fourth-order valence-corrected chi connectivity index (χ4v) is 3.20. The maximum absolute atomic E-state index is 12.2. The van der Waals surface area contributed by atoms with Gasteiger partial charge < -0.3 is 15.0 Å². The van der Waals surface area contributed by atoms with E-state index >= 15 is 0 Å². The number of hydrogen-bond acceptors (Lipinski definition) is 8. The summed E-state index contributed by atoms with van der Waals surface area (Å²) in [6.45, 7) is 5.29. The highest BCUT2D eigenvalue weighted by atomic mass is 32.3. The predicted molar refractivity (Wildman–Crippen MR) is 91.7 cm³/mol. The molecule has 2 saturated heterocycles. The summed E-state index contributed by atoms with van der Waals surface area (Å²) < 4.78 is 39.8. The Bertz CT molecular complexity index is 721. The molecule has 2 rings (SSSR count). The van der Waals surface area contributed by atoms with Gasteiger partial charge in [0.1, 0.15) is 11.6 Å². The molecule has 160 valence electrons. The minimum atomic E-state index is -4.85. The number of hydrogen-bond donors (Lipinski definition) is 3. The Morgan fingerprint density at radius 3 is 2.57 bits per heavy atom. The molecule has 13 nitrogen and oxygen atoms in total. The van der Waals surface area contributed by atoms with Crippen LogP contribution in [0.25, 0.3) is 0 Å². The number of ether oxygens (including phenoxy) is 1. The molecule has 2 bridgehead atoms. The Hall–Kier alpha value is -2.16. The van der Waals surface area contributed by atoms with Gasteiger partial charge in [0.2, 0.25) is 0 Å². The van der Waals surface area contributed by atoms with E-state index in [1.54, 1.807) is 20.8 Å². The van der Waals surface area contributed by atoms with Crippen LogP contribution in [-0.4, -0.2) is 78.3 Å². The van der Waals surface area contributed by atoms with Gasteiger partial charge in [-0.1, -0.05) is 0 Å². The van der Waals surface area contributed by atoms with E-state index in [2.05, 4.69) is 15.1 Å². The molecule has 4 amide bonds. The summed E-state index contributed by atoms with van der Waals surface area (Å²) in [5.74, 6) is -0.599. The maximum Gasteiger partial charge on any atom is 0.418 e. The average molecular weight is 424 g/mol. The summed E-state index contributed by atoms with van der Waals surface area (Å²) in [7, 11) is -4.85. The number of fused-ring (bicyclic) bond motifs is 2. The van der Waals surface area contributed by atoms with Gasteiger partial charge in [0.15, 0.2) is 0 Å². The molecule has 3 N–H and O–H groups in total. The second-order valence-corrected chi connectivity index (χ2v) is 8.26. The quantitative estimate of drug-likeness (QED) is 0.279. The first-order chi connectivity index (χ1) is 12.9. The lowest BCUT2D eigenvalue weighted by molar-refractivity contribution is -0.138. The van der Waals surface area contributed by atoms with Gasteiger partial charge in [0.05, 0.1) is 12.6 Å². The molecule has 2 atom stereocenters. The van der Waals surface area contributed by atoms with Crippen molar-refractivity contribution in [1.82, 2.24) is 20.8 Å². The van der Waals surface area contributed by atoms with Crippen molar-refractivity contribution in [3.8, 4) is 0 Å². The number of amides is 4. The lowest BCUT2D eigenvalue weighted by Gasteiger charge is -2.28. The topological polar surface area (TPSA) is 164 Å². The van der Waals surface area contributed by atoms with Crippen molar-refractivity contribution in [2.24, 2.45) is 0 Å². The van der Waals surface area contributed by atoms with E-state index in [-0.39, 0.29) is 26.1 Å². The Kier molecular flexibility index (Phi) is 6.69. The molecule has 2 aliphatic rings. The van der Waals surface area contributed by atoms with E-state index in [4.69, 9.17) is 14.1 Å². The van der Waals surface area contributed by atoms with Gasteiger partial charge in [0.25, 0.3) is 5.91 Å². The summed E-state index contributed by atoms with van der Waals surface area (Å²) in [5.41, 5.74) is 1.56. The number of carbonyl (C=O) groups is 3. The van der Waals surface area contributed by atoms with Crippen LogP contribution in [0.3, 0.4) is 0 Å². The molecular weight excluding hydrogens is 400 g/mol. The van der Waals surface area contributed by atoms with Gasteiger partial charge in [-0.3, -0.25) is 14.2 Å². The molecule has 28 heavy (non-hydrogen) atoms. The van der Waals surface area contributed by atoms with E-state index in [0.29, 0.717) is 11.5 Å². The second-order valence-electron chi connectivity index (χ2n) is 7.25. The van der Waals surface area contributed by atoms with Gasteiger partial charge >= 0.3 is 22.5 Å². The van der Waals surface area contributed by atoms with Gasteiger partial charge in [-0.2, -0.15) is 13.5 Å². The van der Waals surface area contributed by atoms with Gasteiger partial charge in [-0.05, 0) is 33.6 Å². The summed E-state index contributed by atoms with van der Waals surface area (Å²) in [6.07, 6.45) is -0.0642. The zero-order valence-corrected chi connectivity index (χ0v) is 16.5. The molecular formula is C14H24N4O9S. The van der Waals surface area contributed by atoms with E-state index < -0.39 is 46.1 Å². The normalized spacial score (nSPS) is 22.2. The van der Waals surface area contributed by atoms with Crippen molar-refractivity contribution in [3.63, 3.8) is 0 Å². The number of piperidine rings is 1. The number of nitrogens with zero attached hydrogens (tertiary/aromatic N) is 2. The highest BCUT2D eigenvalue weighted by Crippen LogP contribution is 2.30. The fraction of sp³-hybridized carbons (Fsp3) is 0.786. The third kappa shape index (κ3) is 6.19. The smallest absolute Gasteiger partial charge is 0.418 e. The number of alkyl carbamates (subject to hydrolysis) is 1. The number of nitrogens with one attached hydrogen (secondary N) is 2. The van der Waals surface area contributed by atoms with Gasteiger partial charge in [-0.25, -0.2) is 15.1 Å². The van der Waals surface area contributed by atoms with Crippen LogP contribution < -0.4 is 10.8 Å². The second kappa shape index (κ2) is 8.46. The Morgan fingerprint density at radius 2 is 1.96 bits per heavy atom. The lowest BCUT2D eigenvalue weighted by atomic mass is 10.0. The van der Waals surface area contributed by atoms with Crippen molar-refractivity contribution < 1.29 is 41.2 Å². The Morgan fingerprint density at radius 1 is 1.29 bits per heavy atom. The standard InChI is InChI=1S/C14H24N4O9S/c1-14(2,3)26-12(20)15-6-7-25-16-11(19)10-5-4-9-8-17(10)13(21)18(9)27-28(22,23)24/h9-10H,4-8H2,1-3H3,(H,15,20)(H,16,19)(H,22,23,24). The molecule has 0 aromatic rings. The zero-order valence-electron chi connectivity index (χ0n) is 15.7. The first kappa shape index (κ1) is 22.1. The molecule has 2 heterocycles.